The monoisotopic (exact) mass is 228 g/mol. The first-order valence-electron chi connectivity index (χ1n) is 3.92. The van der Waals surface area contributed by atoms with Crippen LogP contribution in [0.2, 0.25) is 10.3 Å². The molecule has 0 N–H and O–H groups in total. The van der Waals surface area contributed by atoms with Gasteiger partial charge in [0.1, 0.15) is 0 Å². The number of aromatic nitrogens is 2. The average molecular weight is 229 g/mol. The lowest BCUT2D eigenvalue weighted by atomic mass is 10.1. The van der Waals surface area contributed by atoms with E-state index < -0.39 is 0 Å². The summed E-state index contributed by atoms with van der Waals surface area (Å²) < 4.78 is 4.93. The zero-order valence-corrected chi connectivity index (χ0v) is 8.80. The van der Waals surface area contributed by atoms with E-state index in [4.69, 9.17) is 27.7 Å². The topological polar surface area (TPSA) is 38.9 Å². The van der Waals surface area contributed by atoms with Gasteiger partial charge in [-0.1, -0.05) is 11.6 Å². The maximum atomic E-state index is 5.82. The van der Waals surface area contributed by atoms with E-state index in [2.05, 4.69) is 10.1 Å². The van der Waals surface area contributed by atoms with Crippen molar-refractivity contribution in [2.45, 2.75) is 6.92 Å². The number of hydrogen-bond donors (Lipinski definition) is 0. The molecule has 0 unspecified atom stereocenters. The van der Waals surface area contributed by atoms with Gasteiger partial charge in [0.15, 0.2) is 0 Å². The van der Waals surface area contributed by atoms with Crippen LogP contribution in [-0.4, -0.2) is 10.1 Å². The summed E-state index contributed by atoms with van der Waals surface area (Å²) in [6.07, 6.45) is 0. The van der Waals surface area contributed by atoms with E-state index in [-0.39, 0.29) is 5.28 Å². The highest BCUT2D eigenvalue weighted by atomic mass is 35.5. The Kier molecular flexibility index (Phi) is 2.44. The Morgan fingerprint density at radius 1 is 1.29 bits per heavy atom. The van der Waals surface area contributed by atoms with Crippen LogP contribution in [0.1, 0.15) is 5.56 Å². The Bertz CT molecular complexity index is 468. The Balaban J connectivity index is 2.52. The highest BCUT2D eigenvalue weighted by Crippen LogP contribution is 2.24. The first-order chi connectivity index (χ1) is 6.66. The van der Waals surface area contributed by atoms with Crippen molar-refractivity contribution < 1.29 is 4.52 Å². The van der Waals surface area contributed by atoms with Crippen molar-refractivity contribution in [3.63, 3.8) is 0 Å². The van der Waals surface area contributed by atoms with Gasteiger partial charge < -0.3 is 4.52 Å². The van der Waals surface area contributed by atoms with Crippen molar-refractivity contribution in [2.24, 2.45) is 0 Å². The molecule has 0 aliphatic rings. The third-order valence-corrected chi connectivity index (χ3v) is 2.21. The zero-order valence-electron chi connectivity index (χ0n) is 7.29. The summed E-state index contributed by atoms with van der Waals surface area (Å²) in [7, 11) is 0. The molecule has 5 heteroatoms. The van der Waals surface area contributed by atoms with Crippen molar-refractivity contribution in [2.75, 3.05) is 0 Å². The fourth-order valence-corrected chi connectivity index (χ4v) is 1.52. The summed E-state index contributed by atoms with van der Waals surface area (Å²) in [5.41, 5.74) is 1.81. The van der Waals surface area contributed by atoms with Crippen molar-refractivity contribution in [1.29, 1.82) is 0 Å². The van der Waals surface area contributed by atoms with E-state index in [9.17, 15) is 0 Å². The van der Waals surface area contributed by atoms with Gasteiger partial charge in [0.25, 0.3) is 11.2 Å². The molecule has 0 spiro atoms. The van der Waals surface area contributed by atoms with Crippen LogP contribution in [0.4, 0.5) is 0 Å². The fourth-order valence-electron chi connectivity index (χ4n) is 1.18. The predicted molar refractivity (Wildman–Crippen MR) is 54.5 cm³/mol. The lowest BCUT2D eigenvalue weighted by Gasteiger charge is -1.99. The molecule has 1 aromatic heterocycles. The molecule has 0 radical (unpaired) electrons. The van der Waals surface area contributed by atoms with E-state index in [0.29, 0.717) is 10.9 Å². The smallest absolute Gasteiger partial charge is 0.264 e. The maximum absolute atomic E-state index is 5.82. The zero-order chi connectivity index (χ0) is 10.1. The Hall–Kier alpha value is -1.06. The molecule has 0 bridgehead atoms. The van der Waals surface area contributed by atoms with Crippen LogP contribution >= 0.6 is 23.2 Å². The molecule has 0 fully saturated rings. The Labute approximate surface area is 90.6 Å². The molecular weight excluding hydrogens is 223 g/mol. The van der Waals surface area contributed by atoms with Gasteiger partial charge in [-0.3, -0.25) is 0 Å². The van der Waals surface area contributed by atoms with Gasteiger partial charge in [0.2, 0.25) is 0 Å². The molecule has 2 aromatic rings. The van der Waals surface area contributed by atoms with Gasteiger partial charge >= 0.3 is 0 Å². The van der Waals surface area contributed by atoms with E-state index >= 15 is 0 Å². The second-order valence-electron chi connectivity index (χ2n) is 2.83. The molecule has 0 atom stereocenters. The normalized spacial score (nSPS) is 10.5. The van der Waals surface area contributed by atoms with Gasteiger partial charge in [-0.15, -0.1) is 0 Å². The summed E-state index contributed by atoms with van der Waals surface area (Å²) in [5.74, 6) is 0.407. The largest absolute Gasteiger partial charge is 0.333 e. The van der Waals surface area contributed by atoms with Crippen molar-refractivity contribution in [1.82, 2.24) is 10.1 Å². The van der Waals surface area contributed by atoms with Gasteiger partial charge in [0.05, 0.1) is 0 Å². The molecule has 1 aromatic carbocycles. The molecule has 0 amide bonds. The van der Waals surface area contributed by atoms with Crippen molar-refractivity contribution in [3.8, 4) is 11.5 Å². The Morgan fingerprint density at radius 2 is 2.07 bits per heavy atom. The lowest BCUT2D eigenvalue weighted by Crippen LogP contribution is -1.82. The number of rotatable bonds is 1. The van der Waals surface area contributed by atoms with Gasteiger partial charge in [0, 0.05) is 10.6 Å². The minimum absolute atomic E-state index is 0.106. The van der Waals surface area contributed by atoms with Crippen LogP contribution < -0.4 is 0 Å². The van der Waals surface area contributed by atoms with Gasteiger partial charge in [-0.25, -0.2) is 0 Å². The summed E-state index contributed by atoms with van der Waals surface area (Å²) in [4.78, 5) is 3.92. The van der Waals surface area contributed by atoms with Crippen LogP contribution in [0.3, 0.4) is 0 Å². The molecule has 3 nitrogen and oxygen atoms in total. The highest BCUT2D eigenvalue weighted by molar-refractivity contribution is 6.30. The number of aryl methyl sites for hydroxylation is 1. The third kappa shape index (κ3) is 1.74. The van der Waals surface area contributed by atoms with Crippen LogP contribution in [0, 0.1) is 6.92 Å². The quantitative estimate of drug-likeness (QED) is 0.752. The lowest BCUT2D eigenvalue weighted by molar-refractivity contribution is 0.430. The molecule has 0 saturated carbocycles. The third-order valence-electron chi connectivity index (χ3n) is 1.82. The average Bonchev–Trinajstić information content (AvgIpc) is 2.51. The number of halogens is 2. The van der Waals surface area contributed by atoms with Crippen molar-refractivity contribution in [3.05, 3.63) is 34.1 Å². The number of benzene rings is 1. The summed E-state index contributed by atoms with van der Waals surface area (Å²) in [6.45, 7) is 1.92. The molecule has 72 valence electrons. The maximum Gasteiger partial charge on any atom is 0.264 e. The van der Waals surface area contributed by atoms with Crippen LogP contribution in [0.25, 0.3) is 11.5 Å². The minimum Gasteiger partial charge on any atom is -0.333 e. The van der Waals surface area contributed by atoms with Crippen LogP contribution in [0.5, 0.6) is 0 Å². The first kappa shape index (κ1) is 9.49. The van der Waals surface area contributed by atoms with Gasteiger partial charge in [-0.2, -0.15) is 4.98 Å². The fraction of sp³-hybridized carbons (Fsp3) is 0.111. The minimum atomic E-state index is 0.106. The van der Waals surface area contributed by atoms with Crippen LogP contribution in [-0.2, 0) is 0 Å². The van der Waals surface area contributed by atoms with Gasteiger partial charge in [-0.05, 0) is 47.4 Å². The van der Waals surface area contributed by atoms with E-state index in [0.717, 1.165) is 11.1 Å². The molecule has 14 heavy (non-hydrogen) atoms. The second-order valence-corrected chi connectivity index (χ2v) is 3.60. The molecule has 0 saturated heterocycles. The predicted octanol–water partition coefficient (Wildman–Crippen LogP) is 3.35. The Morgan fingerprint density at radius 3 is 2.64 bits per heavy atom. The van der Waals surface area contributed by atoms with E-state index in [1.165, 1.54) is 0 Å². The highest BCUT2D eigenvalue weighted by Gasteiger charge is 2.09. The van der Waals surface area contributed by atoms with Crippen LogP contribution in [0.15, 0.2) is 22.7 Å². The first-order valence-corrected chi connectivity index (χ1v) is 4.68. The standard InChI is InChI=1S/C9H6Cl2N2O/c1-5-4-6(10)2-3-7(5)8-12-9(11)13-14-8/h2-4H,1H3. The number of hydrogen-bond acceptors (Lipinski definition) is 3. The summed E-state index contributed by atoms with van der Waals surface area (Å²) >= 11 is 11.4. The summed E-state index contributed by atoms with van der Waals surface area (Å²) in [5, 5.41) is 4.29. The SMILES string of the molecule is Cc1cc(Cl)ccc1-c1nc(Cl)no1. The molecule has 2 rings (SSSR count). The molecular formula is C9H6Cl2N2O. The molecule has 0 aliphatic heterocycles. The van der Waals surface area contributed by atoms with Crippen molar-refractivity contribution >= 4 is 23.2 Å². The molecule has 0 aliphatic carbocycles. The second kappa shape index (κ2) is 3.59. The van der Waals surface area contributed by atoms with E-state index in [1.807, 2.05) is 19.1 Å². The number of nitrogens with zero attached hydrogens (tertiary/aromatic N) is 2. The molecule has 1 heterocycles. The van der Waals surface area contributed by atoms with E-state index in [1.54, 1.807) is 6.07 Å². The summed E-state index contributed by atoms with van der Waals surface area (Å²) in [6, 6.07) is 5.42.